The number of rotatable bonds is 4. The van der Waals surface area contributed by atoms with E-state index in [1.165, 1.54) is 26.2 Å². The summed E-state index contributed by atoms with van der Waals surface area (Å²) in [5, 5.41) is 3.95. The van der Waals surface area contributed by atoms with Crippen molar-refractivity contribution in [3.8, 4) is 0 Å². The number of carbonyl (C=O) groups excluding carboxylic acids is 2. The van der Waals surface area contributed by atoms with Gasteiger partial charge in [0.2, 0.25) is 11.9 Å². The molecule has 0 fully saturated rings. The molecular formula is C15H15F3N4O3. The molecule has 0 spiro atoms. The van der Waals surface area contributed by atoms with E-state index in [1.807, 2.05) is 5.32 Å². The van der Waals surface area contributed by atoms with E-state index in [9.17, 15) is 22.8 Å². The van der Waals surface area contributed by atoms with E-state index in [2.05, 4.69) is 10.3 Å². The highest BCUT2D eigenvalue weighted by Crippen LogP contribution is 2.44. The molecule has 1 aromatic heterocycles. The third kappa shape index (κ3) is 2.36. The van der Waals surface area contributed by atoms with Crippen LogP contribution in [0, 0.1) is 0 Å². The minimum atomic E-state index is -5.07. The van der Waals surface area contributed by atoms with Gasteiger partial charge in [-0.15, -0.1) is 0 Å². The van der Waals surface area contributed by atoms with Gasteiger partial charge in [-0.3, -0.25) is 19.5 Å². The van der Waals surface area contributed by atoms with Gasteiger partial charge in [-0.1, -0.05) is 19.1 Å². The van der Waals surface area contributed by atoms with Gasteiger partial charge in [0.05, 0.1) is 17.6 Å². The molecule has 2 N–H and O–H groups in total. The quantitative estimate of drug-likeness (QED) is 0.876. The van der Waals surface area contributed by atoms with E-state index in [0.29, 0.717) is 10.1 Å². The monoisotopic (exact) mass is 356 g/mol. The maximum Gasteiger partial charge on any atom is 0.440 e. The van der Waals surface area contributed by atoms with Crippen molar-refractivity contribution in [2.24, 2.45) is 0 Å². The summed E-state index contributed by atoms with van der Waals surface area (Å²) >= 11 is 0. The van der Waals surface area contributed by atoms with Crippen molar-refractivity contribution in [1.29, 1.82) is 0 Å². The van der Waals surface area contributed by atoms with Gasteiger partial charge in [0.15, 0.2) is 0 Å². The number of nitrogens with one attached hydrogen (secondary N) is 2. The number of anilines is 1. The largest absolute Gasteiger partial charge is 0.440 e. The molecule has 0 radical (unpaired) electrons. The molecule has 1 aromatic carbocycles. The van der Waals surface area contributed by atoms with Crippen LogP contribution in [0.15, 0.2) is 18.2 Å². The van der Waals surface area contributed by atoms with Gasteiger partial charge < -0.3 is 10.1 Å². The third-order valence-electron chi connectivity index (χ3n) is 4.01. The number of benzene rings is 1. The maximum atomic E-state index is 13.9. The summed E-state index contributed by atoms with van der Waals surface area (Å²) in [5.74, 6) is -2.59. The van der Waals surface area contributed by atoms with Crippen LogP contribution in [-0.2, 0) is 26.6 Å². The van der Waals surface area contributed by atoms with Crippen LogP contribution in [0.4, 0.5) is 19.1 Å². The van der Waals surface area contributed by atoms with E-state index in [0.717, 1.165) is 0 Å². The Bertz CT molecular complexity index is 862. The number of halogens is 3. The van der Waals surface area contributed by atoms with Crippen LogP contribution in [0.3, 0.4) is 0 Å². The average Bonchev–Trinajstić information content (AvgIpc) is 3.03. The SMILES string of the molecule is CCC(=O)NC1(C(F)(F)F)C(=O)Nc2nc3c(COC)cccc3n21. The summed E-state index contributed by atoms with van der Waals surface area (Å²) in [4.78, 5) is 28.1. The van der Waals surface area contributed by atoms with Gasteiger partial charge in [0, 0.05) is 19.1 Å². The van der Waals surface area contributed by atoms with Crippen LogP contribution < -0.4 is 10.6 Å². The van der Waals surface area contributed by atoms with Crippen LogP contribution in [0.2, 0.25) is 0 Å². The minimum absolute atomic E-state index is 0.0663. The van der Waals surface area contributed by atoms with Crippen LogP contribution in [-0.4, -0.2) is 34.7 Å². The van der Waals surface area contributed by atoms with Crippen LogP contribution >= 0.6 is 0 Å². The summed E-state index contributed by atoms with van der Waals surface area (Å²) in [6.45, 7) is 1.54. The van der Waals surface area contributed by atoms with Crippen molar-refractivity contribution in [2.45, 2.75) is 31.8 Å². The first-order valence-electron chi connectivity index (χ1n) is 7.45. The fourth-order valence-corrected chi connectivity index (χ4v) is 2.88. The number of nitrogens with zero attached hydrogens (tertiary/aromatic N) is 2. The lowest BCUT2D eigenvalue weighted by atomic mass is 10.1. The number of fused-ring (bicyclic) bond motifs is 3. The number of ether oxygens (including phenoxy) is 1. The summed E-state index contributed by atoms with van der Waals surface area (Å²) in [7, 11) is 1.45. The molecule has 1 aliphatic rings. The van der Waals surface area contributed by atoms with Gasteiger partial charge in [-0.2, -0.15) is 13.2 Å². The van der Waals surface area contributed by atoms with E-state index in [-0.39, 0.29) is 30.0 Å². The zero-order chi connectivity index (χ0) is 18.4. The van der Waals surface area contributed by atoms with E-state index in [1.54, 1.807) is 6.07 Å². The summed E-state index contributed by atoms with van der Waals surface area (Å²) in [6.07, 6.45) is -5.28. The van der Waals surface area contributed by atoms with Gasteiger partial charge in [0.25, 0.3) is 11.6 Å². The summed E-state index contributed by atoms with van der Waals surface area (Å²) < 4.78 is 47.6. The smallest absolute Gasteiger partial charge is 0.380 e. The molecule has 0 bridgehead atoms. The minimum Gasteiger partial charge on any atom is -0.380 e. The molecule has 1 aliphatic heterocycles. The molecule has 2 aromatic rings. The zero-order valence-corrected chi connectivity index (χ0v) is 13.4. The zero-order valence-electron chi connectivity index (χ0n) is 13.4. The predicted octanol–water partition coefficient (Wildman–Crippen LogP) is 1.88. The lowest BCUT2D eigenvalue weighted by Gasteiger charge is -2.31. The van der Waals surface area contributed by atoms with Crippen molar-refractivity contribution in [1.82, 2.24) is 14.9 Å². The molecule has 134 valence electrons. The normalized spacial score (nSPS) is 19.8. The summed E-state index contributed by atoms with van der Waals surface area (Å²) in [5.41, 5.74) is -2.35. The van der Waals surface area contributed by atoms with Crippen LogP contribution in [0.25, 0.3) is 11.0 Å². The first-order valence-corrected chi connectivity index (χ1v) is 7.45. The number of methoxy groups -OCH3 is 1. The molecule has 25 heavy (non-hydrogen) atoms. The first kappa shape index (κ1) is 17.2. The molecule has 3 rings (SSSR count). The van der Waals surface area contributed by atoms with Gasteiger partial charge in [0.1, 0.15) is 0 Å². The van der Waals surface area contributed by atoms with Crippen molar-refractivity contribution < 1.29 is 27.5 Å². The lowest BCUT2D eigenvalue weighted by Crippen LogP contribution is -2.63. The maximum absolute atomic E-state index is 13.9. The fourth-order valence-electron chi connectivity index (χ4n) is 2.88. The number of amides is 2. The number of imidazole rings is 1. The second-order valence-corrected chi connectivity index (χ2v) is 5.55. The molecule has 7 nitrogen and oxygen atoms in total. The van der Waals surface area contributed by atoms with Crippen LogP contribution in [0.1, 0.15) is 18.9 Å². The third-order valence-corrected chi connectivity index (χ3v) is 4.01. The molecule has 2 heterocycles. The topological polar surface area (TPSA) is 85.2 Å². The summed E-state index contributed by atoms with van der Waals surface area (Å²) in [6, 6.07) is 4.61. The van der Waals surface area contributed by atoms with Crippen molar-refractivity contribution in [3.05, 3.63) is 23.8 Å². The van der Waals surface area contributed by atoms with Gasteiger partial charge in [-0.25, -0.2) is 4.98 Å². The molecule has 1 atom stereocenters. The Morgan fingerprint density at radius 1 is 1.44 bits per heavy atom. The number of hydrogen-bond acceptors (Lipinski definition) is 4. The van der Waals surface area contributed by atoms with E-state index < -0.39 is 23.7 Å². The fraction of sp³-hybridized carbons (Fsp3) is 0.400. The first-order chi connectivity index (χ1) is 11.8. The van der Waals surface area contributed by atoms with E-state index >= 15 is 0 Å². The number of aromatic nitrogens is 2. The Morgan fingerprint density at radius 3 is 2.76 bits per heavy atom. The second kappa shape index (κ2) is 5.73. The van der Waals surface area contributed by atoms with Crippen molar-refractivity contribution >= 4 is 28.8 Å². The Kier molecular flexibility index (Phi) is 3.94. The average molecular weight is 356 g/mol. The lowest BCUT2D eigenvalue weighted by molar-refractivity contribution is -0.217. The molecular weight excluding hydrogens is 341 g/mol. The molecule has 0 saturated carbocycles. The molecule has 2 amide bonds. The number of hydrogen-bond donors (Lipinski definition) is 2. The van der Waals surface area contributed by atoms with Crippen molar-refractivity contribution in [2.75, 3.05) is 12.4 Å². The highest BCUT2D eigenvalue weighted by molar-refractivity contribution is 6.05. The second-order valence-electron chi connectivity index (χ2n) is 5.55. The van der Waals surface area contributed by atoms with Crippen molar-refractivity contribution in [3.63, 3.8) is 0 Å². The highest BCUT2D eigenvalue weighted by Gasteiger charge is 2.67. The number of alkyl halides is 3. The Hall–Kier alpha value is -2.62. The van der Waals surface area contributed by atoms with Gasteiger partial charge in [-0.05, 0) is 6.07 Å². The molecule has 1 unspecified atom stereocenters. The standard InChI is InChI=1S/C15H15F3N4O3/c1-3-10(23)21-14(15(16,17)18)12(24)20-13-19-11-8(7-25-2)5-4-6-9(11)22(13)14/h4-6H,3,7H2,1-2H3,(H,21,23)(H,19,20,24). The number of para-hydroxylation sites is 1. The number of carbonyl (C=O) groups is 2. The van der Waals surface area contributed by atoms with Crippen LogP contribution in [0.5, 0.6) is 0 Å². The predicted molar refractivity (Wildman–Crippen MR) is 81.5 cm³/mol. The highest BCUT2D eigenvalue weighted by atomic mass is 19.4. The molecule has 0 aliphatic carbocycles. The molecule has 10 heteroatoms. The van der Waals surface area contributed by atoms with E-state index in [4.69, 9.17) is 4.74 Å². The van der Waals surface area contributed by atoms with Gasteiger partial charge >= 0.3 is 6.18 Å². The Labute approximate surface area is 140 Å². The molecule has 0 saturated heterocycles. The Morgan fingerprint density at radius 2 is 2.16 bits per heavy atom. The Balaban J connectivity index is 2.30.